The molecule has 0 aliphatic carbocycles. The van der Waals surface area contributed by atoms with Crippen molar-refractivity contribution in [2.24, 2.45) is 0 Å². The van der Waals surface area contributed by atoms with Crippen molar-refractivity contribution in [3.05, 3.63) is 105 Å². The number of benzene rings is 3. The van der Waals surface area contributed by atoms with Crippen LogP contribution in [-0.4, -0.2) is 65.3 Å². The zero-order valence-corrected chi connectivity index (χ0v) is 30.5. The lowest BCUT2D eigenvalue weighted by Crippen LogP contribution is -2.35. The number of hydrogen-bond donors (Lipinski definition) is 1. The van der Waals surface area contributed by atoms with Crippen LogP contribution in [0, 0.1) is 25.2 Å². The molecule has 1 unspecified atom stereocenters. The van der Waals surface area contributed by atoms with Crippen LogP contribution in [0.5, 0.6) is 17.2 Å². The zero-order valence-electron chi connectivity index (χ0n) is 29.8. The summed E-state index contributed by atoms with van der Waals surface area (Å²) in [6, 6.07) is 20.1. The molecule has 50 heavy (non-hydrogen) atoms. The number of aliphatic hydroxyl groups excluding tert-OH is 1. The van der Waals surface area contributed by atoms with Crippen LogP contribution in [0.1, 0.15) is 66.5 Å². The van der Waals surface area contributed by atoms with Crippen LogP contribution in [0.2, 0.25) is 5.02 Å². The first-order valence-corrected chi connectivity index (χ1v) is 18.0. The van der Waals surface area contributed by atoms with Crippen molar-refractivity contribution in [3.63, 3.8) is 0 Å². The van der Waals surface area contributed by atoms with E-state index >= 15 is 0 Å². The van der Waals surface area contributed by atoms with Crippen LogP contribution in [0.3, 0.4) is 0 Å². The van der Waals surface area contributed by atoms with Gasteiger partial charge in [-0.15, -0.1) is 0 Å². The summed E-state index contributed by atoms with van der Waals surface area (Å²) in [5, 5.41) is 19.6. The molecule has 0 radical (unpaired) electrons. The molecule has 8 nitrogen and oxygen atoms in total. The van der Waals surface area contributed by atoms with Crippen LogP contribution >= 0.6 is 11.6 Å². The molecule has 0 saturated carbocycles. The molecule has 5 rings (SSSR count). The first kappa shape index (κ1) is 37.1. The number of ether oxygens (including phenoxy) is 3. The predicted octanol–water partition coefficient (Wildman–Crippen LogP) is 8.12. The lowest BCUT2D eigenvalue weighted by atomic mass is 9.93. The molecule has 1 N–H and O–H groups in total. The fourth-order valence-electron chi connectivity index (χ4n) is 6.47. The number of nitrogens with zero attached hydrogens (tertiary/aromatic N) is 4. The van der Waals surface area contributed by atoms with E-state index in [-0.39, 0.29) is 19.3 Å². The molecule has 1 aliphatic rings. The van der Waals surface area contributed by atoms with E-state index in [0.717, 1.165) is 64.2 Å². The van der Waals surface area contributed by atoms with E-state index in [4.69, 9.17) is 25.8 Å². The highest BCUT2D eigenvalue weighted by Gasteiger charge is 2.19. The highest BCUT2D eigenvalue weighted by Crippen LogP contribution is 2.37. The molecule has 1 atom stereocenters. The van der Waals surface area contributed by atoms with Crippen LogP contribution in [0.15, 0.2) is 67.0 Å². The molecule has 1 aromatic heterocycles. The van der Waals surface area contributed by atoms with Crippen molar-refractivity contribution in [1.29, 1.82) is 5.26 Å². The Bertz CT molecular complexity index is 1770. The van der Waals surface area contributed by atoms with Gasteiger partial charge in [0.2, 0.25) is 0 Å². The van der Waals surface area contributed by atoms with Crippen molar-refractivity contribution >= 4 is 11.6 Å². The molecule has 1 fully saturated rings. The van der Waals surface area contributed by atoms with Gasteiger partial charge in [-0.1, -0.05) is 48.9 Å². The molecule has 0 bridgehead atoms. The predicted molar refractivity (Wildman–Crippen MR) is 199 cm³/mol. The summed E-state index contributed by atoms with van der Waals surface area (Å²) in [5.41, 5.74) is 7.72. The Kier molecular flexibility index (Phi) is 13.5. The minimum atomic E-state index is -0.0370. The molecular weight excluding hydrogens is 648 g/mol. The van der Waals surface area contributed by atoms with Gasteiger partial charge in [0.1, 0.15) is 36.5 Å². The maximum Gasteiger partial charge on any atom is 0.142 e. The number of likely N-dealkylation sites (tertiary alicyclic amines) is 1. The fraction of sp³-hybridized carbons (Fsp3) is 0.415. The molecular formula is C41H49ClN4O4. The summed E-state index contributed by atoms with van der Waals surface area (Å²) in [4.78, 5) is 8.84. The number of pyridine rings is 1. The monoisotopic (exact) mass is 696 g/mol. The Morgan fingerprint density at radius 2 is 1.66 bits per heavy atom. The van der Waals surface area contributed by atoms with Gasteiger partial charge in [-0.3, -0.25) is 9.88 Å². The Morgan fingerprint density at radius 3 is 2.40 bits per heavy atom. The Morgan fingerprint density at radius 1 is 0.920 bits per heavy atom. The third-order valence-electron chi connectivity index (χ3n) is 9.58. The Balaban J connectivity index is 1.33. The summed E-state index contributed by atoms with van der Waals surface area (Å²) in [7, 11) is 0. The maximum absolute atomic E-state index is 9.82. The Labute approximate surface area is 302 Å². The lowest BCUT2D eigenvalue weighted by Gasteiger charge is -2.27. The van der Waals surface area contributed by atoms with E-state index in [9.17, 15) is 10.4 Å². The number of hydrogen-bond acceptors (Lipinski definition) is 8. The zero-order chi connectivity index (χ0) is 35.5. The molecule has 0 amide bonds. The smallest absolute Gasteiger partial charge is 0.142 e. The van der Waals surface area contributed by atoms with Crippen molar-refractivity contribution in [3.8, 4) is 34.4 Å². The molecule has 3 aromatic carbocycles. The van der Waals surface area contributed by atoms with E-state index in [1.54, 1.807) is 12.3 Å². The molecule has 264 valence electrons. The minimum absolute atomic E-state index is 0.0370. The SMILES string of the molecule is CCN(Cc1cc(Cl)c(OCc2cccc(-c3cccc(OCCCN4CCCC4)c3C)c2C)cc1OCc1cncc(C#N)c1)C(C)CO. The van der Waals surface area contributed by atoms with Gasteiger partial charge in [-0.25, -0.2) is 0 Å². The van der Waals surface area contributed by atoms with Crippen LogP contribution in [0.25, 0.3) is 11.1 Å². The topological polar surface area (TPSA) is 91.1 Å². The van der Waals surface area contributed by atoms with Gasteiger partial charge in [-0.2, -0.15) is 5.26 Å². The quantitative estimate of drug-likeness (QED) is 0.111. The highest BCUT2D eigenvalue weighted by atomic mass is 35.5. The van der Waals surface area contributed by atoms with Crippen molar-refractivity contribution < 1.29 is 19.3 Å². The van der Waals surface area contributed by atoms with Gasteiger partial charge in [0, 0.05) is 48.7 Å². The summed E-state index contributed by atoms with van der Waals surface area (Å²) in [6.45, 7) is 14.4. The van der Waals surface area contributed by atoms with Crippen LogP contribution in [-0.2, 0) is 19.8 Å². The van der Waals surface area contributed by atoms with Gasteiger partial charge < -0.3 is 24.2 Å². The van der Waals surface area contributed by atoms with Gasteiger partial charge in [0.25, 0.3) is 0 Å². The minimum Gasteiger partial charge on any atom is -0.493 e. The van der Waals surface area contributed by atoms with E-state index in [0.29, 0.717) is 41.8 Å². The standard InChI is InChI=1S/C41H49ClN4O4/c1-5-46(29(2)26-47)25-35-20-38(42)41(21-40(35)49-27-33-19-32(22-43)23-44-24-33)50-28-34-11-8-12-36(30(34)3)37-13-9-14-39(31(37)4)48-18-10-17-45-15-6-7-16-45/h8-9,11-14,19-21,23-24,29,47H,5-7,10,15-18,25-28H2,1-4H3. The summed E-state index contributed by atoms with van der Waals surface area (Å²) < 4.78 is 19.0. The number of aromatic nitrogens is 1. The van der Waals surface area contributed by atoms with E-state index in [2.05, 4.69) is 78.0 Å². The number of rotatable bonds is 17. The van der Waals surface area contributed by atoms with Crippen molar-refractivity contribution in [2.45, 2.75) is 72.8 Å². The van der Waals surface area contributed by atoms with Gasteiger partial charge in [-0.05, 0) is 106 Å². The van der Waals surface area contributed by atoms with Crippen LogP contribution in [0.4, 0.5) is 0 Å². The third kappa shape index (κ3) is 9.55. The third-order valence-corrected chi connectivity index (χ3v) is 9.87. The fourth-order valence-corrected chi connectivity index (χ4v) is 6.71. The van der Waals surface area contributed by atoms with Crippen molar-refractivity contribution in [1.82, 2.24) is 14.8 Å². The van der Waals surface area contributed by atoms with E-state index in [1.165, 1.54) is 32.1 Å². The second-order valence-corrected chi connectivity index (χ2v) is 13.4. The Hall–Kier alpha value is -4.13. The maximum atomic E-state index is 9.82. The highest BCUT2D eigenvalue weighted by molar-refractivity contribution is 6.32. The first-order chi connectivity index (χ1) is 24.3. The van der Waals surface area contributed by atoms with Gasteiger partial charge >= 0.3 is 0 Å². The van der Waals surface area contributed by atoms with Gasteiger partial charge in [0.05, 0.1) is 23.8 Å². The molecule has 1 saturated heterocycles. The van der Waals surface area contributed by atoms with Crippen LogP contribution < -0.4 is 14.2 Å². The molecule has 4 aromatic rings. The largest absolute Gasteiger partial charge is 0.493 e. The first-order valence-electron chi connectivity index (χ1n) is 17.6. The normalized spacial score (nSPS) is 13.7. The summed E-state index contributed by atoms with van der Waals surface area (Å²) >= 11 is 6.85. The van der Waals surface area contributed by atoms with E-state index in [1.807, 2.05) is 19.1 Å². The second kappa shape index (κ2) is 18.2. The molecule has 0 spiro atoms. The number of halogens is 1. The summed E-state index contributed by atoms with van der Waals surface area (Å²) in [5.74, 6) is 2.06. The summed E-state index contributed by atoms with van der Waals surface area (Å²) in [6.07, 6.45) is 6.85. The van der Waals surface area contributed by atoms with Crippen molar-refractivity contribution in [2.75, 3.05) is 39.4 Å². The number of nitriles is 1. The second-order valence-electron chi connectivity index (χ2n) is 13.0. The van der Waals surface area contributed by atoms with E-state index < -0.39 is 0 Å². The molecule has 1 aliphatic heterocycles. The average Bonchev–Trinajstić information content (AvgIpc) is 3.66. The number of likely N-dealkylation sites (N-methyl/N-ethyl adjacent to an activating group) is 1. The number of aliphatic hydroxyl groups is 1. The molecule has 2 heterocycles. The van der Waals surface area contributed by atoms with Gasteiger partial charge in [0.15, 0.2) is 0 Å². The average molecular weight is 697 g/mol. The lowest BCUT2D eigenvalue weighted by molar-refractivity contribution is 0.132. The molecule has 9 heteroatoms.